The van der Waals surface area contributed by atoms with Crippen molar-refractivity contribution in [2.45, 2.75) is 26.2 Å². The van der Waals surface area contributed by atoms with Gasteiger partial charge in [-0.25, -0.2) is 0 Å². The molecule has 1 atom stereocenters. The lowest BCUT2D eigenvalue weighted by molar-refractivity contribution is 0.355. The fraction of sp³-hybridized carbons (Fsp3) is 0.583. The molecular formula is C12H20N2. The fourth-order valence-corrected chi connectivity index (χ4v) is 2.17. The molecule has 0 radical (unpaired) electrons. The van der Waals surface area contributed by atoms with E-state index in [-0.39, 0.29) is 5.41 Å². The first-order valence-corrected chi connectivity index (χ1v) is 5.15. The van der Waals surface area contributed by atoms with E-state index in [0.717, 1.165) is 25.1 Å². The maximum atomic E-state index is 4.18. The Labute approximate surface area is 86.8 Å². The molecule has 0 aromatic heterocycles. The van der Waals surface area contributed by atoms with Crippen LogP contribution in [0.2, 0.25) is 0 Å². The molecule has 0 saturated carbocycles. The van der Waals surface area contributed by atoms with Crippen molar-refractivity contribution in [2.24, 2.45) is 10.4 Å². The molecule has 0 spiro atoms. The maximum Gasteiger partial charge on any atom is 0.0487 e. The summed E-state index contributed by atoms with van der Waals surface area (Å²) in [4.78, 5) is 4.18. The van der Waals surface area contributed by atoms with Crippen molar-refractivity contribution in [3.8, 4) is 0 Å². The van der Waals surface area contributed by atoms with Crippen LogP contribution in [0.5, 0.6) is 0 Å². The van der Waals surface area contributed by atoms with Gasteiger partial charge in [-0.15, -0.1) is 0 Å². The molecule has 0 aromatic rings. The number of hydrogen-bond acceptors (Lipinski definition) is 2. The first kappa shape index (κ1) is 11.2. The van der Waals surface area contributed by atoms with Gasteiger partial charge in [0, 0.05) is 11.1 Å². The third-order valence-corrected chi connectivity index (χ3v) is 3.15. The Hall–Kier alpha value is -0.890. The number of aliphatic imine (C=N–C) groups is 1. The molecule has 0 bridgehead atoms. The van der Waals surface area contributed by atoms with Gasteiger partial charge in [0.15, 0.2) is 0 Å². The van der Waals surface area contributed by atoms with Crippen LogP contribution in [0.25, 0.3) is 0 Å². The minimum absolute atomic E-state index is 0.203. The molecule has 1 N–H and O–H groups in total. The number of allylic oxidation sites excluding steroid dienone is 3. The van der Waals surface area contributed by atoms with Crippen LogP contribution in [0.3, 0.4) is 0 Å². The number of hydrogen-bond donors (Lipinski definition) is 1. The van der Waals surface area contributed by atoms with E-state index in [1.165, 1.54) is 12.0 Å². The largest absolute Gasteiger partial charge is 0.320 e. The zero-order chi connectivity index (χ0) is 10.6. The summed E-state index contributed by atoms with van der Waals surface area (Å²) in [5.41, 5.74) is 2.63. The third-order valence-electron chi connectivity index (χ3n) is 3.15. The van der Waals surface area contributed by atoms with E-state index in [1.807, 2.05) is 13.1 Å². The first-order chi connectivity index (χ1) is 6.68. The molecule has 2 nitrogen and oxygen atoms in total. The summed E-state index contributed by atoms with van der Waals surface area (Å²) in [6.07, 6.45) is 5.31. The maximum absolute atomic E-state index is 4.18. The molecule has 0 aliphatic heterocycles. The van der Waals surface area contributed by atoms with Crippen LogP contribution in [0.4, 0.5) is 0 Å². The monoisotopic (exact) mass is 192 g/mol. The molecule has 1 aliphatic rings. The molecule has 2 heteroatoms. The third kappa shape index (κ3) is 1.95. The average Bonchev–Trinajstić information content (AvgIpc) is 2.52. The van der Waals surface area contributed by atoms with E-state index >= 15 is 0 Å². The Kier molecular flexibility index (Phi) is 3.64. The quantitative estimate of drug-likeness (QED) is 0.665. The van der Waals surface area contributed by atoms with Gasteiger partial charge in [0.05, 0.1) is 0 Å². The van der Waals surface area contributed by atoms with Gasteiger partial charge in [0.2, 0.25) is 0 Å². The minimum atomic E-state index is 0.203. The van der Waals surface area contributed by atoms with Crippen molar-refractivity contribution >= 4 is 6.72 Å². The highest BCUT2D eigenvalue weighted by Gasteiger charge is 2.34. The van der Waals surface area contributed by atoms with Crippen LogP contribution in [-0.4, -0.2) is 20.3 Å². The van der Waals surface area contributed by atoms with Gasteiger partial charge in [0.25, 0.3) is 0 Å². The highest BCUT2D eigenvalue weighted by Crippen LogP contribution is 2.45. The lowest BCUT2D eigenvalue weighted by Gasteiger charge is -2.25. The van der Waals surface area contributed by atoms with Gasteiger partial charge in [-0.05, 0) is 45.1 Å². The summed E-state index contributed by atoms with van der Waals surface area (Å²) in [7, 11) is 1.98. The average molecular weight is 192 g/mol. The van der Waals surface area contributed by atoms with Gasteiger partial charge in [-0.3, -0.25) is 4.99 Å². The van der Waals surface area contributed by atoms with Gasteiger partial charge in [-0.1, -0.05) is 19.6 Å². The highest BCUT2D eigenvalue weighted by atomic mass is 14.8. The second-order valence-electron chi connectivity index (χ2n) is 4.15. The Morgan fingerprint density at radius 3 is 2.86 bits per heavy atom. The summed E-state index contributed by atoms with van der Waals surface area (Å²) in [5.74, 6) is 0. The molecule has 1 rings (SSSR count). The smallest absolute Gasteiger partial charge is 0.0487 e. The standard InChI is InChI=1S/C12H20N2/c1-5-10-6-7-12(2,8-9-13-3)11(10)14-4/h5,13H,1,4,6-9H2,2-3H3. The van der Waals surface area contributed by atoms with Crippen LogP contribution in [0.15, 0.2) is 28.9 Å². The zero-order valence-electron chi connectivity index (χ0n) is 9.27. The molecule has 0 heterocycles. The summed E-state index contributed by atoms with van der Waals surface area (Å²) in [5, 5.41) is 3.19. The van der Waals surface area contributed by atoms with E-state index in [9.17, 15) is 0 Å². The molecule has 1 aliphatic carbocycles. The van der Waals surface area contributed by atoms with Crippen molar-refractivity contribution < 1.29 is 0 Å². The molecule has 14 heavy (non-hydrogen) atoms. The molecular weight excluding hydrogens is 172 g/mol. The number of nitrogens with zero attached hydrogens (tertiary/aromatic N) is 1. The second kappa shape index (κ2) is 4.56. The van der Waals surface area contributed by atoms with Crippen molar-refractivity contribution in [2.75, 3.05) is 13.6 Å². The van der Waals surface area contributed by atoms with Gasteiger partial charge >= 0.3 is 0 Å². The normalized spacial score (nSPS) is 26.7. The van der Waals surface area contributed by atoms with Crippen LogP contribution in [0, 0.1) is 5.41 Å². The van der Waals surface area contributed by atoms with Gasteiger partial charge in [-0.2, -0.15) is 0 Å². The van der Waals surface area contributed by atoms with E-state index in [0.29, 0.717) is 0 Å². The Morgan fingerprint density at radius 2 is 2.36 bits per heavy atom. The second-order valence-corrected chi connectivity index (χ2v) is 4.15. The van der Waals surface area contributed by atoms with E-state index < -0.39 is 0 Å². The van der Waals surface area contributed by atoms with E-state index in [4.69, 9.17) is 0 Å². The van der Waals surface area contributed by atoms with Gasteiger partial charge < -0.3 is 5.32 Å². The Balaban J connectivity index is 2.85. The van der Waals surface area contributed by atoms with Crippen molar-refractivity contribution in [3.63, 3.8) is 0 Å². The predicted molar refractivity (Wildman–Crippen MR) is 62.7 cm³/mol. The summed E-state index contributed by atoms with van der Waals surface area (Å²) >= 11 is 0. The predicted octanol–water partition coefficient (Wildman–Crippen LogP) is 2.54. The Morgan fingerprint density at radius 1 is 1.64 bits per heavy atom. The highest BCUT2D eigenvalue weighted by molar-refractivity contribution is 5.40. The molecule has 0 aromatic carbocycles. The van der Waals surface area contributed by atoms with Crippen LogP contribution < -0.4 is 5.32 Å². The lowest BCUT2D eigenvalue weighted by Crippen LogP contribution is -2.21. The SMILES string of the molecule is C=CC1=C(N=C)C(C)(CCNC)CC1. The van der Waals surface area contributed by atoms with Crippen LogP contribution in [0.1, 0.15) is 26.2 Å². The first-order valence-electron chi connectivity index (χ1n) is 5.15. The summed E-state index contributed by atoms with van der Waals surface area (Å²) in [6.45, 7) is 10.8. The van der Waals surface area contributed by atoms with Crippen molar-refractivity contribution in [1.82, 2.24) is 5.32 Å². The molecule has 1 unspecified atom stereocenters. The zero-order valence-corrected chi connectivity index (χ0v) is 9.27. The van der Waals surface area contributed by atoms with Crippen molar-refractivity contribution in [3.05, 3.63) is 23.9 Å². The van der Waals surface area contributed by atoms with Crippen LogP contribution >= 0.6 is 0 Å². The summed E-state index contributed by atoms with van der Waals surface area (Å²) < 4.78 is 0. The topological polar surface area (TPSA) is 24.4 Å². The molecule has 0 saturated heterocycles. The van der Waals surface area contributed by atoms with Crippen LogP contribution in [-0.2, 0) is 0 Å². The fourth-order valence-electron chi connectivity index (χ4n) is 2.17. The molecule has 0 amide bonds. The van der Waals surface area contributed by atoms with E-state index in [2.05, 4.69) is 30.5 Å². The molecule has 78 valence electrons. The number of nitrogens with one attached hydrogen (secondary N) is 1. The number of rotatable bonds is 5. The van der Waals surface area contributed by atoms with Gasteiger partial charge in [0.1, 0.15) is 0 Å². The lowest BCUT2D eigenvalue weighted by atomic mass is 9.83. The minimum Gasteiger partial charge on any atom is -0.320 e. The van der Waals surface area contributed by atoms with E-state index in [1.54, 1.807) is 0 Å². The van der Waals surface area contributed by atoms with Crippen molar-refractivity contribution in [1.29, 1.82) is 0 Å². The molecule has 0 fully saturated rings. The Bertz CT molecular complexity index is 265. The summed E-state index contributed by atoms with van der Waals surface area (Å²) in [6, 6.07) is 0.